The summed E-state index contributed by atoms with van der Waals surface area (Å²) in [6.07, 6.45) is 87.4. The molecule has 0 aromatic rings. The molecule has 0 rings (SSSR count). The first-order valence-corrected chi connectivity index (χ1v) is 30.7. The average molecular weight is 1040 g/mol. The van der Waals surface area contributed by atoms with Gasteiger partial charge in [-0.15, -0.1) is 0 Å². The molecule has 0 aromatic heterocycles. The molecule has 0 saturated heterocycles. The predicted molar refractivity (Wildman–Crippen MR) is 325 cm³/mol. The van der Waals surface area contributed by atoms with Crippen LogP contribution in [-0.2, 0) is 28.6 Å². The Morgan fingerprint density at radius 2 is 0.547 bits per heavy atom. The molecule has 0 amide bonds. The fraction of sp³-hybridized carbons (Fsp3) is 0.638. The molecule has 0 bridgehead atoms. The monoisotopic (exact) mass is 1040 g/mol. The van der Waals surface area contributed by atoms with E-state index < -0.39 is 6.10 Å². The maximum atomic E-state index is 12.8. The maximum absolute atomic E-state index is 12.8. The Kier molecular flexibility index (Phi) is 58.4. The van der Waals surface area contributed by atoms with Crippen LogP contribution in [-0.4, -0.2) is 37.2 Å². The second kappa shape index (κ2) is 62.1. The van der Waals surface area contributed by atoms with Crippen LogP contribution in [0.4, 0.5) is 0 Å². The number of esters is 3. The second-order valence-electron chi connectivity index (χ2n) is 19.9. The van der Waals surface area contributed by atoms with Crippen LogP contribution in [0, 0.1) is 0 Å². The first-order chi connectivity index (χ1) is 37.0. The molecule has 6 heteroatoms. The van der Waals surface area contributed by atoms with E-state index >= 15 is 0 Å². The van der Waals surface area contributed by atoms with E-state index in [1.807, 2.05) is 0 Å². The van der Waals surface area contributed by atoms with Crippen molar-refractivity contribution in [3.8, 4) is 0 Å². The summed E-state index contributed by atoms with van der Waals surface area (Å²) in [6, 6.07) is 0. The van der Waals surface area contributed by atoms with Crippen molar-refractivity contribution >= 4 is 17.9 Å². The Bertz CT molecular complexity index is 1620. The highest BCUT2D eigenvalue weighted by atomic mass is 16.6. The fourth-order valence-corrected chi connectivity index (χ4v) is 8.06. The topological polar surface area (TPSA) is 78.9 Å². The van der Waals surface area contributed by atoms with Crippen molar-refractivity contribution in [3.63, 3.8) is 0 Å². The summed E-state index contributed by atoms with van der Waals surface area (Å²) in [5.74, 6) is -0.928. The Hall–Kier alpha value is -4.45. The standard InChI is InChI=1S/C69H112O6/c1-4-7-10-13-16-19-22-24-25-26-27-28-29-30-31-32-33-34-35-36-37-38-39-40-41-42-43-45-47-50-53-56-59-62-68(71)74-65-66(64-73-67(70)61-58-55-52-49-46-21-18-15-12-9-6-3)75-69(72)63-60-57-54-51-48-44-23-20-17-14-11-8-5-2/h7,10-11,14,16,19-20,23-25,27-28,30-31,33-34,36-37,39-40,42-43,66H,4-6,8-9,12-13,15,17-18,21-22,26,29,32,35,38,41,44-65H2,1-3H3/b10-7-,14-11-,19-16-,23-20-,25-24-,28-27-,31-30-,34-33-,37-36-,40-39-,43-42-. The fourth-order valence-electron chi connectivity index (χ4n) is 8.06. The number of carbonyl (C=O) groups is 3. The lowest BCUT2D eigenvalue weighted by atomic mass is 10.1. The Morgan fingerprint density at radius 3 is 0.867 bits per heavy atom. The minimum Gasteiger partial charge on any atom is -0.462 e. The SMILES string of the molecule is CC/C=C\C/C=C\C/C=C\C/C=C\C/C=C\C/C=C\C/C=C\C/C=C\C/C=C\CCCCCCCC(=O)OCC(COC(=O)CCCCCCCCCCCCC)OC(=O)CCCCCCC/C=C\C/C=C\CCC. The molecule has 0 spiro atoms. The molecule has 0 heterocycles. The van der Waals surface area contributed by atoms with Gasteiger partial charge >= 0.3 is 17.9 Å². The van der Waals surface area contributed by atoms with Gasteiger partial charge in [-0.25, -0.2) is 0 Å². The van der Waals surface area contributed by atoms with Gasteiger partial charge in [0.2, 0.25) is 0 Å². The number of unbranched alkanes of at least 4 members (excludes halogenated alkanes) is 21. The first kappa shape index (κ1) is 70.5. The number of hydrogen-bond acceptors (Lipinski definition) is 6. The van der Waals surface area contributed by atoms with Gasteiger partial charge in [-0.2, -0.15) is 0 Å². The zero-order chi connectivity index (χ0) is 54.3. The van der Waals surface area contributed by atoms with E-state index in [1.165, 1.54) is 57.8 Å². The first-order valence-electron chi connectivity index (χ1n) is 30.7. The van der Waals surface area contributed by atoms with Crippen LogP contribution in [0.25, 0.3) is 0 Å². The molecule has 1 atom stereocenters. The van der Waals surface area contributed by atoms with Gasteiger partial charge in [-0.3, -0.25) is 14.4 Å². The van der Waals surface area contributed by atoms with E-state index in [9.17, 15) is 14.4 Å². The van der Waals surface area contributed by atoms with Gasteiger partial charge in [-0.05, 0) is 116 Å². The summed E-state index contributed by atoms with van der Waals surface area (Å²) in [5.41, 5.74) is 0. The molecule has 6 nitrogen and oxygen atoms in total. The highest BCUT2D eigenvalue weighted by Crippen LogP contribution is 2.14. The molecular formula is C69H112O6. The van der Waals surface area contributed by atoms with Crippen molar-refractivity contribution in [3.05, 3.63) is 134 Å². The van der Waals surface area contributed by atoms with Crippen molar-refractivity contribution in [2.75, 3.05) is 13.2 Å². The van der Waals surface area contributed by atoms with Gasteiger partial charge in [0.15, 0.2) is 6.10 Å². The summed E-state index contributed by atoms with van der Waals surface area (Å²) in [6.45, 7) is 6.42. The smallest absolute Gasteiger partial charge is 0.306 e. The third-order valence-corrected chi connectivity index (χ3v) is 12.6. The number of ether oxygens (including phenoxy) is 3. The molecule has 75 heavy (non-hydrogen) atoms. The van der Waals surface area contributed by atoms with Gasteiger partial charge in [0.05, 0.1) is 0 Å². The van der Waals surface area contributed by atoms with E-state index in [-0.39, 0.29) is 31.1 Å². The molecule has 1 unspecified atom stereocenters. The number of rotatable bonds is 54. The lowest BCUT2D eigenvalue weighted by Gasteiger charge is -2.18. The quantitative estimate of drug-likeness (QED) is 0.0261. The normalized spacial score (nSPS) is 13.1. The maximum Gasteiger partial charge on any atom is 0.306 e. The highest BCUT2D eigenvalue weighted by Gasteiger charge is 2.19. The average Bonchev–Trinajstić information content (AvgIpc) is 3.41. The molecule has 0 radical (unpaired) electrons. The third kappa shape index (κ3) is 60.3. The van der Waals surface area contributed by atoms with E-state index in [1.54, 1.807) is 0 Å². The number of allylic oxidation sites excluding steroid dienone is 22. The highest BCUT2D eigenvalue weighted by molar-refractivity contribution is 5.71. The van der Waals surface area contributed by atoms with Crippen molar-refractivity contribution in [1.29, 1.82) is 0 Å². The number of hydrogen-bond donors (Lipinski definition) is 0. The van der Waals surface area contributed by atoms with Gasteiger partial charge in [0, 0.05) is 19.3 Å². The Labute approximate surface area is 462 Å². The Balaban J connectivity index is 4.27. The lowest BCUT2D eigenvalue weighted by Crippen LogP contribution is -2.30. The zero-order valence-corrected chi connectivity index (χ0v) is 48.5. The minimum absolute atomic E-state index is 0.0911. The summed E-state index contributed by atoms with van der Waals surface area (Å²) in [7, 11) is 0. The van der Waals surface area contributed by atoms with E-state index in [4.69, 9.17) is 14.2 Å². The second-order valence-corrected chi connectivity index (χ2v) is 19.9. The van der Waals surface area contributed by atoms with E-state index in [0.717, 1.165) is 167 Å². The van der Waals surface area contributed by atoms with Crippen LogP contribution in [0.15, 0.2) is 134 Å². The van der Waals surface area contributed by atoms with E-state index in [0.29, 0.717) is 19.3 Å². The lowest BCUT2D eigenvalue weighted by molar-refractivity contribution is -0.167. The van der Waals surface area contributed by atoms with Crippen LogP contribution in [0.1, 0.15) is 265 Å². The van der Waals surface area contributed by atoms with Crippen molar-refractivity contribution in [1.82, 2.24) is 0 Å². The Morgan fingerprint density at radius 1 is 0.280 bits per heavy atom. The predicted octanol–water partition coefficient (Wildman–Crippen LogP) is 21.0. The summed E-state index contributed by atoms with van der Waals surface area (Å²) >= 11 is 0. The van der Waals surface area contributed by atoms with Crippen LogP contribution >= 0.6 is 0 Å². The molecule has 0 aliphatic heterocycles. The van der Waals surface area contributed by atoms with Gasteiger partial charge in [0.25, 0.3) is 0 Å². The molecule has 0 aliphatic rings. The molecule has 0 aromatic carbocycles. The van der Waals surface area contributed by atoms with Gasteiger partial charge in [-0.1, -0.05) is 264 Å². The summed E-state index contributed by atoms with van der Waals surface area (Å²) < 4.78 is 16.8. The van der Waals surface area contributed by atoms with Crippen LogP contribution < -0.4 is 0 Å². The molecule has 0 fully saturated rings. The summed E-state index contributed by atoms with van der Waals surface area (Å²) in [5, 5.41) is 0. The molecule has 0 N–H and O–H groups in total. The van der Waals surface area contributed by atoms with Crippen LogP contribution in [0.2, 0.25) is 0 Å². The van der Waals surface area contributed by atoms with Gasteiger partial charge in [0.1, 0.15) is 13.2 Å². The van der Waals surface area contributed by atoms with Crippen molar-refractivity contribution in [2.24, 2.45) is 0 Å². The largest absolute Gasteiger partial charge is 0.462 e. The molecular weight excluding hydrogens is 925 g/mol. The van der Waals surface area contributed by atoms with Crippen LogP contribution in [0.3, 0.4) is 0 Å². The molecule has 424 valence electrons. The van der Waals surface area contributed by atoms with Crippen molar-refractivity contribution < 1.29 is 28.6 Å². The van der Waals surface area contributed by atoms with Gasteiger partial charge < -0.3 is 14.2 Å². The van der Waals surface area contributed by atoms with Crippen molar-refractivity contribution in [2.45, 2.75) is 271 Å². The number of carbonyl (C=O) groups excluding carboxylic acids is 3. The zero-order valence-electron chi connectivity index (χ0n) is 48.5. The summed E-state index contributed by atoms with van der Waals surface area (Å²) in [4.78, 5) is 38.1. The van der Waals surface area contributed by atoms with Crippen LogP contribution in [0.5, 0.6) is 0 Å². The third-order valence-electron chi connectivity index (χ3n) is 12.6. The molecule has 0 saturated carbocycles. The minimum atomic E-state index is -0.795. The molecule has 0 aliphatic carbocycles. The van der Waals surface area contributed by atoms with E-state index in [2.05, 4.69) is 154 Å².